The molecule has 0 unspecified atom stereocenters. The summed E-state index contributed by atoms with van der Waals surface area (Å²) in [6, 6.07) is 13.6. The average Bonchev–Trinajstić information content (AvgIpc) is 3.23. The molecular formula is C22H25NO6. The quantitative estimate of drug-likeness (QED) is 0.652. The Bertz CT molecular complexity index is 838. The number of carboxylic acid groups (broad SMARTS) is 1. The highest BCUT2D eigenvalue weighted by Crippen LogP contribution is 2.30. The second kappa shape index (κ2) is 9.82. The lowest BCUT2D eigenvalue weighted by Gasteiger charge is -2.22. The van der Waals surface area contributed by atoms with E-state index in [0.29, 0.717) is 56.3 Å². The van der Waals surface area contributed by atoms with Crippen LogP contribution in [-0.4, -0.2) is 54.3 Å². The first-order chi connectivity index (χ1) is 14.1. The third-order valence-electron chi connectivity index (χ3n) is 4.64. The summed E-state index contributed by atoms with van der Waals surface area (Å²) < 4.78 is 17.0. The SMILES string of the molecule is CCOc1cc(C(=O)N2CCC[C@@H]2C(=O)O)ccc1OCCOc1ccccc1. The Morgan fingerprint density at radius 3 is 2.52 bits per heavy atom. The van der Waals surface area contributed by atoms with E-state index in [-0.39, 0.29) is 5.91 Å². The number of ether oxygens (including phenoxy) is 3. The van der Waals surface area contributed by atoms with Crippen LogP contribution in [0.4, 0.5) is 0 Å². The summed E-state index contributed by atoms with van der Waals surface area (Å²) >= 11 is 0. The highest BCUT2D eigenvalue weighted by atomic mass is 16.5. The van der Waals surface area contributed by atoms with Gasteiger partial charge in [-0.05, 0) is 50.1 Å². The molecule has 0 radical (unpaired) electrons. The van der Waals surface area contributed by atoms with E-state index in [1.54, 1.807) is 18.2 Å². The second-order valence-corrected chi connectivity index (χ2v) is 6.60. The van der Waals surface area contributed by atoms with Crippen molar-refractivity contribution in [1.29, 1.82) is 0 Å². The summed E-state index contributed by atoms with van der Waals surface area (Å²) in [6.07, 6.45) is 1.16. The van der Waals surface area contributed by atoms with Gasteiger partial charge in [-0.2, -0.15) is 0 Å². The fourth-order valence-corrected chi connectivity index (χ4v) is 3.29. The molecule has 7 nitrogen and oxygen atoms in total. The molecule has 7 heteroatoms. The summed E-state index contributed by atoms with van der Waals surface area (Å²) in [4.78, 5) is 25.6. The molecule has 1 aliphatic heterocycles. The van der Waals surface area contributed by atoms with Crippen LogP contribution < -0.4 is 14.2 Å². The smallest absolute Gasteiger partial charge is 0.326 e. The van der Waals surface area contributed by atoms with Crippen molar-refractivity contribution in [3.8, 4) is 17.2 Å². The van der Waals surface area contributed by atoms with Crippen molar-refractivity contribution in [3.63, 3.8) is 0 Å². The molecule has 2 aromatic rings. The molecule has 1 atom stereocenters. The monoisotopic (exact) mass is 399 g/mol. The van der Waals surface area contributed by atoms with Crippen LogP contribution in [0.3, 0.4) is 0 Å². The highest BCUT2D eigenvalue weighted by molar-refractivity contribution is 5.97. The first-order valence-corrected chi connectivity index (χ1v) is 9.71. The molecule has 3 rings (SSSR count). The normalized spacial score (nSPS) is 15.8. The lowest BCUT2D eigenvalue weighted by Crippen LogP contribution is -2.40. The lowest BCUT2D eigenvalue weighted by molar-refractivity contribution is -0.141. The van der Waals surface area contributed by atoms with Crippen molar-refractivity contribution in [2.24, 2.45) is 0 Å². The van der Waals surface area contributed by atoms with Crippen LogP contribution in [0.2, 0.25) is 0 Å². The molecule has 1 amide bonds. The van der Waals surface area contributed by atoms with Gasteiger partial charge in [-0.15, -0.1) is 0 Å². The topological polar surface area (TPSA) is 85.3 Å². The zero-order chi connectivity index (χ0) is 20.6. The van der Waals surface area contributed by atoms with Gasteiger partial charge in [0, 0.05) is 12.1 Å². The van der Waals surface area contributed by atoms with Gasteiger partial charge in [0.1, 0.15) is 25.0 Å². The van der Waals surface area contributed by atoms with Gasteiger partial charge in [-0.1, -0.05) is 18.2 Å². The van der Waals surface area contributed by atoms with E-state index >= 15 is 0 Å². The van der Waals surface area contributed by atoms with Crippen LogP contribution in [-0.2, 0) is 4.79 Å². The highest BCUT2D eigenvalue weighted by Gasteiger charge is 2.34. The van der Waals surface area contributed by atoms with Gasteiger partial charge < -0.3 is 24.2 Å². The number of carbonyl (C=O) groups excluding carboxylic acids is 1. The Balaban J connectivity index is 1.65. The zero-order valence-corrected chi connectivity index (χ0v) is 16.4. The van der Waals surface area contributed by atoms with Gasteiger partial charge in [0.15, 0.2) is 11.5 Å². The van der Waals surface area contributed by atoms with Gasteiger partial charge in [-0.3, -0.25) is 4.79 Å². The summed E-state index contributed by atoms with van der Waals surface area (Å²) in [6.45, 7) is 3.38. The van der Waals surface area contributed by atoms with Gasteiger partial charge >= 0.3 is 5.97 Å². The molecule has 1 fully saturated rings. The summed E-state index contributed by atoms with van der Waals surface area (Å²) in [5.41, 5.74) is 0.384. The fraction of sp³-hybridized carbons (Fsp3) is 0.364. The second-order valence-electron chi connectivity index (χ2n) is 6.60. The van der Waals surface area contributed by atoms with E-state index in [0.717, 1.165) is 5.75 Å². The molecule has 29 heavy (non-hydrogen) atoms. The molecule has 1 heterocycles. The van der Waals surface area contributed by atoms with Crippen LogP contribution >= 0.6 is 0 Å². The minimum atomic E-state index is -0.973. The number of nitrogens with zero attached hydrogens (tertiary/aromatic N) is 1. The Hall–Kier alpha value is -3.22. The summed E-state index contributed by atoms with van der Waals surface area (Å²) in [7, 11) is 0. The average molecular weight is 399 g/mol. The van der Waals surface area contributed by atoms with E-state index in [1.165, 1.54) is 4.90 Å². The number of carbonyl (C=O) groups is 2. The largest absolute Gasteiger partial charge is 0.490 e. The Morgan fingerprint density at radius 2 is 1.79 bits per heavy atom. The first kappa shape index (κ1) is 20.5. The van der Waals surface area contributed by atoms with E-state index in [4.69, 9.17) is 14.2 Å². The lowest BCUT2D eigenvalue weighted by atomic mass is 10.1. The number of rotatable bonds is 9. The van der Waals surface area contributed by atoms with Crippen LogP contribution in [0.15, 0.2) is 48.5 Å². The number of aliphatic carboxylic acids is 1. The third kappa shape index (κ3) is 5.19. The van der Waals surface area contributed by atoms with Crippen molar-refractivity contribution in [2.75, 3.05) is 26.4 Å². The minimum Gasteiger partial charge on any atom is -0.490 e. The minimum absolute atomic E-state index is 0.310. The van der Waals surface area contributed by atoms with Crippen molar-refractivity contribution < 1.29 is 28.9 Å². The molecule has 0 saturated carbocycles. The predicted molar refractivity (Wildman–Crippen MR) is 107 cm³/mol. The molecule has 1 saturated heterocycles. The number of carboxylic acids is 1. The maximum atomic E-state index is 12.8. The molecule has 0 aromatic heterocycles. The van der Waals surface area contributed by atoms with Crippen molar-refractivity contribution in [3.05, 3.63) is 54.1 Å². The maximum absolute atomic E-state index is 12.8. The van der Waals surface area contributed by atoms with E-state index in [9.17, 15) is 14.7 Å². The van der Waals surface area contributed by atoms with Gasteiger partial charge in [0.2, 0.25) is 0 Å². The molecular weight excluding hydrogens is 374 g/mol. The maximum Gasteiger partial charge on any atom is 0.326 e. The summed E-state index contributed by atoms with van der Waals surface area (Å²) in [5.74, 6) is 0.440. The zero-order valence-electron chi connectivity index (χ0n) is 16.4. The summed E-state index contributed by atoms with van der Waals surface area (Å²) in [5, 5.41) is 9.31. The van der Waals surface area contributed by atoms with Crippen molar-refractivity contribution in [2.45, 2.75) is 25.8 Å². The van der Waals surface area contributed by atoms with Gasteiger partial charge in [0.25, 0.3) is 5.91 Å². The van der Waals surface area contributed by atoms with Gasteiger partial charge in [-0.25, -0.2) is 4.79 Å². The Kier molecular flexibility index (Phi) is 6.94. The number of hydrogen-bond acceptors (Lipinski definition) is 5. The van der Waals surface area contributed by atoms with E-state index in [2.05, 4.69) is 0 Å². The molecule has 2 aromatic carbocycles. The predicted octanol–water partition coefficient (Wildman–Crippen LogP) is 3.23. The Labute approximate surface area is 169 Å². The third-order valence-corrected chi connectivity index (χ3v) is 4.64. The molecule has 1 N–H and O–H groups in total. The van der Waals surface area contributed by atoms with Crippen LogP contribution in [0.1, 0.15) is 30.1 Å². The number of amides is 1. The van der Waals surface area contributed by atoms with Crippen LogP contribution in [0.5, 0.6) is 17.2 Å². The van der Waals surface area contributed by atoms with Crippen LogP contribution in [0, 0.1) is 0 Å². The van der Waals surface area contributed by atoms with Crippen LogP contribution in [0.25, 0.3) is 0 Å². The van der Waals surface area contributed by atoms with Gasteiger partial charge in [0.05, 0.1) is 6.61 Å². The van der Waals surface area contributed by atoms with E-state index < -0.39 is 12.0 Å². The number of para-hydroxylation sites is 1. The number of likely N-dealkylation sites (tertiary alicyclic amines) is 1. The number of hydrogen-bond donors (Lipinski definition) is 1. The molecule has 0 spiro atoms. The molecule has 1 aliphatic rings. The van der Waals surface area contributed by atoms with Crippen molar-refractivity contribution in [1.82, 2.24) is 4.90 Å². The molecule has 0 aliphatic carbocycles. The molecule has 154 valence electrons. The van der Waals surface area contributed by atoms with Crippen molar-refractivity contribution >= 4 is 11.9 Å². The Morgan fingerprint density at radius 1 is 1.03 bits per heavy atom. The standard InChI is InChI=1S/C22H25NO6/c1-2-27-20-15-16(21(24)23-12-6-9-18(23)22(25)26)10-11-19(20)29-14-13-28-17-7-4-3-5-8-17/h3-5,7-8,10-11,15,18H,2,6,9,12-14H2,1H3,(H,25,26)/t18-/m1/s1. The molecule has 0 bridgehead atoms. The fourth-order valence-electron chi connectivity index (χ4n) is 3.29. The van der Waals surface area contributed by atoms with E-state index in [1.807, 2.05) is 37.3 Å². The number of benzene rings is 2. The first-order valence-electron chi connectivity index (χ1n) is 9.71.